The second-order valence-electron chi connectivity index (χ2n) is 16.1. The number of nitrogens with zero attached hydrogens (tertiary/aromatic N) is 1. The van der Waals surface area contributed by atoms with E-state index in [9.17, 15) is 0 Å². The Morgan fingerprint density at radius 2 is 0.774 bits per heavy atom. The first-order chi connectivity index (χ1) is 30.7. The Bertz CT molecular complexity index is 3650. The van der Waals surface area contributed by atoms with Crippen LogP contribution in [0.1, 0.15) is 0 Å². The maximum absolute atomic E-state index is 6.32. The maximum Gasteiger partial charge on any atom is 0.136 e. The highest BCUT2D eigenvalue weighted by molar-refractivity contribution is 6.13. The minimum absolute atomic E-state index is 0.890. The minimum Gasteiger partial charge on any atom is -0.456 e. The van der Waals surface area contributed by atoms with Gasteiger partial charge in [-0.25, -0.2) is 0 Å². The lowest BCUT2D eigenvalue weighted by atomic mass is 9.93. The van der Waals surface area contributed by atoms with Crippen molar-refractivity contribution in [3.05, 3.63) is 237 Å². The van der Waals surface area contributed by atoms with E-state index in [-0.39, 0.29) is 0 Å². The smallest absolute Gasteiger partial charge is 0.136 e. The van der Waals surface area contributed by atoms with Gasteiger partial charge < -0.3 is 9.32 Å². The van der Waals surface area contributed by atoms with Crippen LogP contribution in [-0.4, -0.2) is 0 Å². The number of rotatable bonds is 7. The molecule has 2 nitrogen and oxygen atoms in total. The summed E-state index contributed by atoms with van der Waals surface area (Å²) < 4.78 is 6.32. The second-order valence-corrected chi connectivity index (χ2v) is 16.1. The van der Waals surface area contributed by atoms with Gasteiger partial charge in [0, 0.05) is 27.8 Å². The van der Waals surface area contributed by atoms with Gasteiger partial charge in [0.1, 0.15) is 11.2 Å². The number of anilines is 3. The van der Waals surface area contributed by atoms with Gasteiger partial charge in [-0.05, 0) is 131 Å². The molecule has 290 valence electrons. The molecule has 0 atom stereocenters. The molecule has 62 heavy (non-hydrogen) atoms. The highest BCUT2D eigenvalue weighted by Gasteiger charge is 2.18. The first-order valence-corrected chi connectivity index (χ1v) is 21.2. The fraction of sp³-hybridized carbons (Fsp3) is 0. The molecule has 11 aromatic carbocycles. The number of hydrogen-bond acceptors (Lipinski definition) is 2. The van der Waals surface area contributed by atoms with Crippen LogP contribution >= 0.6 is 0 Å². The van der Waals surface area contributed by atoms with Gasteiger partial charge >= 0.3 is 0 Å². The first-order valence-electron chi connectivity index (χ1n) is 21.2. The van der Waals surface area contributed by atoms with Gasteiger partial charge in [-0.3, -0.25) is 0 Å². The number of benzene rings is 11. The molecule has 0 aliphatic rings. The summed E-state index contributed by atoms with van der Waals surface area (Å²) in [6, 6.07) is 85.6. The van der Waals surface area contributed by atoms with Crippen LogP contribution < -0.4 is 4.90 Å². The lowest BCUT2D eigenvalue weighted by Crippen LogP contribution is -2.10. The van der Waals surface area contributed by atoms with E-state index in [1.807, 2.05) is 12.1 Å². The Kier molecular flexibility index (Phi) is 8.53. The molecule has 0 unspecified atom stereocenters. The third-order valence-corrected chi connectivity index (χ3v) is 12.4. The molecule has 0 bridgehead atoms. The van der Waals surface area contributed by atoms with Crippen molar-refractivity contribution in [3.8, 4) is 44.5 Å². The summed E-state index contributed by atoms with van der Waals surface area (Å²) in [4.78, 5) is 2.39. The minimum atomic E-state index is 0.890. The zero-order valence-electron chi connectivity index (χ0n) is 33.9. The van der Waals surface area contributed by atoms with Crippen molar-refractivity contribution in [3.63, 3.8) is 0 Å². The van der Waals surface area contributed by atoms with Crippen molar-refractivity contribution < 1.29 is 4.42 Å². The summed E-state index contributed by atoms with van der Waals surface area (Å²) in [6.07, 6.45) is 0. The second kappa shape index (κ2) is 14.8. The lowest BCUT2D eigenvalue weighted by molar-refractivity contribution is 0.669. The Morgan fingerprint density at radius 3 is 1.56 bits per heavy atom. The third-order valence-electron chi connectivity index (χ3n) is 12.4. The molecule has 1 aromatic heterocycles. The van der Waals surface area contributed by atoms with Crippen LogP contribution in [0.4, 0.5) is 17.1 Å². The Hall–Kier alpha value is -8.20. The van der Waals surface area contributed by atoms with E-state index in [1.165, 1.54) is 54.6 Å². The van der Waals surface area contributed by atoms with Crippen LogP contribution in [0.25, 0.3) is 98.8 Å². The summed E-state index contributed by atoms with van der Waals surface area (Å²) in [5.74, 6) is 0. The fourth-order valence-corrected chi connectivity index (χ4v) is 9.43. The summed E-state index contributed by atoms with van der Waals surface area (Å²) in [7, 11) is 0. The van der Waals surface area contributed by atoms with Crippen LogP contribution in [0.15, 0.2) is 241 Å². The van der Waals surface area contributed by atoms with E-state index in [4.69, 9.17) is 4.42 Å². The zero-order valence-corrected chi connectivity index (χ0v) is 33.9. The van der Waals surface area contributed by atoms with E-state index in [2.05, 4.69) is 229 Å². The summed E-state index contributed by atoms with van der Waals surface area (Å²) >= 11 is 0. The van der Waals surface area contributed by atoms with Gasteiger partial charge in [-0.2, -0.15) is 0 Å². The van der Waals surface area contributed by atoms with Crippen LogP contribution in [-0.2, 0) is 0 Å². The van der Waals surface area contributed by atoms with Crippen LogP contribution in [0.5, 0.6) is 0 Å². The van der Waals surface area contributed by atoms with Gasteiger partial charge in [0.05, 0.1) is 0 Å². The highest BCUT2D eigenvalue weighted by atomic mass is 16.3. The molecule has 0 aliphatic carbocycles. The first kappa shape index (κ1) is 35.7. The molecule has 0 saturated carbocycles. The van der Waals surface area contributed by atoms with E-state index < -0.39 is 0 Å². The fourth-order valence-electron chi connectivity index (χ4n) is 9.43. The average Bonchev–Trinajstić information content (AvgIpc) is 3.73. The Labute approximate surface area is 360 Å². The summed E-state index contributed by atoms with van der Waals surface area (Å²) in [5.41, 5.74) is 14.4. The molecule has 0 amide bonds. The molecule has 0 saturated heterocycles. The van der Waals surface area contributed by atoms with E-state index >= 15 is 0 Å². The molecule has 0 radical (unpaired) electrons. The van der Waals surface area contributed by atoms with Crippen molar-refractivity contribution in [1.29, 1.82) is 0 Å². The van der Waals surface area contributed by atoms with Crippen molar-refractivity contribution in [2.75, 3.05) is 4.90 Å². The standard InChI is InChI=1S/C60H39NO/c1-2-14-44-36-47(33-30-40(44)12-1)46-16-8-19-50(38-46)61(51-20-9-17-48(39-51)54-24-11-27-59-60(54)57-22-5-6-26-58(57)62-59)49-18-7-15-45(37-49)41-28-31-43(32-29-41)53-23-10-25-55-52-21-4-3-13-42(52)34-35-56(53)55/h1-39H. The molecule has 12 rings (SSSR count). The van der Waals surface area contributed by atoms with E-state index in [0.29, 0.717) is 0 Å². The molecular formula is C60H39NO. The largest absolute Gasteiger partial charge is 0.456 e. The maximum atomic E-state index is 6.32. The molecule has 2 heteroatoms. The monoisotopic (exact) mass is 789 g/mol. The van der Waals surface area contributed by atoms with E-state index in [1.54, 1.807) is 0 Å². The average molecular weight is 790 g/mol. The van der Waals surface area contributed by atoms with Crippen molar-refractivity contribution >= 4 is 71.3 Å². The SMILES string of the molecule is c1cc(-c2ccc(-c3cccc4c3ccc3ccccc34)cc2)cc(N(c2cccc(-c3ccc4ccccc4c3)c2)c2cccc(-c3cccc4oc5ccccc5c34)c2)c1. The van der Waals surface area contributed by atoms with Gasteiger partial charge in [0.2, 0.25) is 0 Å². The molecule has 12 aromatic rings. The summed E-state index contributed by atoms with van der Waals surface area (Å²) in [6.45, 7) is 0. The predicted octanol–water partition coefficient (Wildman–Crippen LogP) is 17.2. The molecule has 0 fully saturated rings. The molecule has 1 heterocycles. The normalized spacial score (nSPS) is 11.5. The lowest BCUT2D eigenvalue weighted by Gasteiger charge is -2.27. The number of fused-ring (bicyclic) bond motifs is 7. The van der Waals surface area contributed by atoms with Crippen molar-refractivity contribution in [2.24, 2.45) is 0 Å². The Morgan fingerprint density at radius 1 is 0.258 bits per heavy atom. The third kappa shape index (κ3) is 6.20. The molecule has 0 spiro atoms. The Balaban J connectivity index is 0.971. The summed E-state index contributed by atoms with van der Waals surface area (Å²) in [5, 5.41) is 9.81. The van der Waals surface area contributed by atoms with Crippen molar-refractivity contribution in [1.82, 2.24) is 0 Å². The van der Waals surface area contributed by atoms with Crippen LogP contribution in [0.2, 0.25) is 0 Å². The van der Waals surface area contributed by atoms with Crippen LogP contribution in [0.3, 0.4) is 0 Å². The number of furan rings is 1. The van der Waals surface area contributed by atoms with Gasteiger partial charge in [-0.1, -0.05) is 182 Å². The molecule has 0 aliphatic heterocycles. The quantitative estimate of drug-likeness (QED) is 0.150. The number of hydrogen-bond donors (Lipinski definition) is 0. The van der Waals surface area contributed by atoms with Crippen LogP contribution in [0, 0.1) is 0 Å². The van der Waals surface area contributed by atoms with Crippen molar-refractivity contribution in [2.45, 2.75) is 0 Å². The van der Waals surface area contributed by atoms with E-state index in [0.717, 1.165) is 61.3 Å². The van der Waals surface area contributed by atoms with Gasteiger partial charge in [-0.15, -0.1) is 0 Å². The number of para-hydroxylation sites is 1. The topological polar surface area (TPSA) is 16.4 Å². The van der Waals surface area contributed by atoms with Gasteiger partial charge in [0.25, 0.3) is 0 Å². The van der Waals surface area contributed by atoms with Gasteiger partial charge in [0.15, 0.2) is 0 Å². The highest BCUT2D eigenvalue weighted by Crippen LogP contribution is 2.43. The molecule has 0 N–H and O–H groups in total. The zero-order chi connectivity index (χ0) is 41.0. The predicted molar refractivity (Wildman–Crippen MR) is 263 cm³/mol. The molecular weight excluding hydrogens is 751 g/mol.